The predicted octanol–water partition coefficient (Wildman–Crippen LogP) is 3.29. The lowest BCUT2D eigenvalue weighted by molar-refractivity contribution is -0.383. The Kier molecular flexibility index (Phi) is 5.59. The summed E-state index contributed by atoms with van der Waals surface area (Å²) >= 11 is 3.05. The number of nitrogens with zero attached hydrogens (tertiary/aromatic N) is 1. The summed E-state index contributed by atoms with van der Waals surface area (Å²) in [6.45, 7) is -0.708. The summed E-state index contributed by atoms with van der Waals surface area (Å²) in [6, 6.07) is 9.26. The molecule has 0 heterocycles. The Hall–Kier alpha value is -2.81. The summed E-state index contributed by atoms with van der Waals surface area (Å²) in [7, 11) is 0. The SMILES string of the molecule is O=C(COC(=O)c1ccc(Br)cc1F)Nc1ccccc1[N+](=O)[O-]. The molecule has 0 unspecified atom stereocenters. The van der Waals surface area contributed by atoms with Gasteiger partial charge in [0.25, 0.3) is 11.6 Å². The highest BCUT2D eigenvalue weighted by atomic mass is 79.9. The number of hydrogen-bond acceptors (Lipinski definition) is 5. The summed E-state index contributed by atoms with van der Waals surface area (Å²) in [4.78, 5) is 33.7. The fourth-order valence-electron chi connectivity index (χ4n) is 1.79. The van der Waals surface area contributed by atoms with E-state index in [-0.39, 0.29) is 16.9 Å². The normalized spacial score (nSPS) is 10.1. The Labute approximate surface area is 143 Å². The number of carbonyl (C=O) groups excluding carboxylic acids is 2. The lowest BCUT2D eigenvalue weighted by Crippen LogP contribution is -2.21. The number of para-hydroxylation sites is 2. The standard InChI is InChI=1S/C15H10BrFN2O5/c16-9-5-6-10(11(17)7-9)15(21)24-8-14(20)18-12-3-1-2-4-13(12)19(22)23/h1-7H,8H2,(H,18,20). The molecule has 0 aliphatic carbocycles. The van der Waals surface area contributed by atoms with E-state index < -0.39 is 29.2 Å². The van der Waals surface area contributed by atoms with E-state index >= 15 is 0 Å². The average molecular weight is 397 g/mol. The molecular formula is C15H10BrFN2O5. The minimum Gasteiger partial charge on any atom is -0.452 e. The minimum atomic E-state index is -1.02. The zero-order chi connectivity index (χ0) is 17.7. The maximum atomic E-state index is 13.6. The summed E-state index contributed by atoms with van der Waals surface area (Å²) in [6.07, 6.45) is 0. The molecule has 2 aromatic rings. The zero-order valence-corrected chi connectivity index (χ0v) is 13.6. The van der Waals surface area contributed by atoms with Gasteiger partial charge in [-0.1, -0.05) is 28.1 Å². The van der Waals surface area contributed by atoms with Crippen LogP contribution < -0.4 is 5.32 Å². The number of hydrogen-bond donors (Lipinski definition) is 1. The predicted molar refractivity (Wildman–Crippen MR) is 86.1 cm³/mol. The molecule has 0 spiro atoms. The van der Waals surface area contributed by atoms with Crippen molar-refractivity contribution >= 4 is 39.2 Å². The van der Waals surface area contributed by atoms with Crippen LogP contribution in [0.1, 0.15) is 10.4 Å². The van der Waals surface area contributed by atoms with Crippen LogP contribution in [0.3, 0.4) is 0 Å². The number of amides is 1. The van der Waals surface area contributed by atoms with Gasteiger partial charge in [-0.15, -0.1) is 0 Å². The molecule has 0 saturated heterocycles. The van der Waals surface area contributed by atoms with Gasteiger partial charge in [0.15, 0.2) is 6.61 Å². The zero-order valence-electron chi connectivity index (χ0n) is 12.0. The van der Waals surface area contributed by atoms with Crippen LogP contribution in [0.15, 0.2) is 46.9 Å². The van der Waals surface area contributed by atoms with Crippen molar-refractivity contribution in [3.8, 4) is 0 Å². The lowest BCUT2D eigenvalue weighted by Gasteiger charge is -2.07. The van der Waals surface area contributed by atoms with Crippen LogP contribution in [0.2, 0.25) is 0 Å². The van der Waals surface area contributed by atoms with Crippen molar-refractivity contribution < 1.29 is 23.6 Å². The molecule has 7 nitrogen and oxygen atoms in total. The molecule has 9 heteroatoms. The number of anilines is 1. The molecule has 0 saturated carbocycles. The van der Waals surface area contributed by atoms with Crippen molar-refractivity contribution in [3.63, 3.8) is 0 Å². The molecule has 2 aromatic carbocycles. The van der Waals surface area contributed by atoms with Crippen molar-refractivity contribution in [3.05, 3.63) is 68.4 Å². The van der Waals surface area contributed by atoms with Gasteiger partial charge in [0.2, 0.25) is 0 Å². The highest BCUT2D eigenvalue weighted by molar-refractivity contribution is 9.10. The maximum Gasteiger partial charge on any atom is 0.341 e. The minimum absolute atomic E-state index is 0.0293. The summed E-state index contributed by atoms with van der Waals surface area (Å²) < 4.78 is 18.8. The van der Waals surface area contributed by atoms with Crippen molar-refractivity contribution in [2.24, 2.45) is 0 Å². The quantitative estimate of drug-likeness (QED) is 0.474. The molecule has 0 bridgehead atoms. The number of benzene rings is 2. The first-order chi connectivity index (χ1) is 11.4. The summed E-state index contributed by atoms with van der Waals surface area (Å²) in [5.74, 6) is -2.60. The monoisotopic (exact) mass is 396 g/mol. The molecule has 24 heavy (non-hydrogen) atoms. The van der Waals surface area contributed by atoms with Crippen LogP contribution in [-0.2, 0) is 9.53 Å². The van der Waals surface area contributed by atoms with Gasteiger partial charge in [-0.2, -0.15) is 0 Å². The van der Waals surface area contributed by atoms with E-state index in [1.807, 2.05) is 0 Å². The highest BCUT2D eigenvalue weighted by Gasteiger charge is 2.18. The molecular weight excluding hydrogens is 387 g/mol. The van der Waals surface area contributed by atoms with E-state index in [0.29, 0.717) is 4.47 Å². The number of esters is 1. The Balaban J connectivity index is 1.99. The van der Waals surface area contributed by atoms with Gasteiger partial charge in [-0.25, -0.2) is 9.18 Å². The second kappa shape index (κ2) is 7.64. The Morgan fingerprint density at radius 2 is 1.96 bits per heavy atom. The fraction of sp³-hybridized carbons (Fsp3) is 0.0667. The highest BCUT2D eigenvalue weighted by Crippen LogP contribution is 2.23. The second-order valence-electron chi connectivity index (χ2n) is 4.52. The Bertz CT molecular complexity index is 812. The molecule has 124 valence electrons. The Morgan fingerprint density at radius 1 is 1.25 bits per heavy atom. The third-order valence-electron chi connectivity index (χ3n) is 2.86. The van der Waals surface area contributed by atoms with Gasteiger partial charge in [-0.3, -0.25) is 14.9 Å². The number of nitrogens with one attached hydrogen (secondary N) is 1. The molecule has 0 aliphatic rings. The van der Waals surface area contributed by atoms with Crippen LogP contribution in [-0.4, -0.2) is 23.4 Å². The van der Waals surface area contributed by atoms with Gasteiger partial charge in [0.05, 0.1) is 10.5 Å². The topological polar surface area (TPSA) is 98.5 Å². The van der Waals surface area contributed by atoms with E-state index in [1.54, 1.807) is 0 Å². The van der Waals surface area contributed by atoms with Crippen LogP contribution in [0.4, 0.5) is 15.8 Å². The van der Waals surface area contributed by atoms with E-state index in [0.717, 1.165) is 6.07 Å². The number of nitro benzene ring substituents is 1. The van der Waals surface area contributed by atoms with E-state index in [9.17, 15) is 24.1 Å². The average Bonchev–Trinajstić information content (AvgIpc) is 2.53. The fourth-order valence-corrected chi connectivity index (χ4v) is 2.12. The molecule has 1 N–H and O–H groups in total. The summed E-state index contributed by atoms with van der Waals surface area (Å²) in [5, 5.41) is 13.1. The Morgan fingerprint density at radius 3 is 2.62 bits per heavy atom. The van der Waals surface area contributed by atoms with Crippen molar-refractivity contribution in [2.45, 2.75) is 0 Å². The summed E-state index contributed by atoms with van der Waals surface area (Å²) in [5.41, 5.74) is -0.647. The van der Waals surface area contributed by atoms with E-state index in [4.69, 9.17) is 4.74 Å². The molecule has 0 radical (unpaired) electrons. The third kappa shape index (κ3) is 4.35. The maximum absolute atomic E-state index is 13.6. The lowest BCUT2D eigenvalue weighted by atomic mass is 10.2. The largest absolute Gasteiger partial charge is 0.452 e. The second-order valence-corrected chi connectivity index (χ2v) is 5.44. The van der Waals surface area contributed by atoms with Crippen molar-refractivity contribution in [1.82, 2.24) is 0 Å². The van der Waals surface area contributed by atoms with E-state index in [1.165, 1.54) is 36.4 Å². The molecule has 0 aromatic heterocycles. The number of ether oxygens (including phenoxy) is 1. The number of halogens is 2. The first-order valence-corrected chi connectivity index (χ1v) is 7.33. The van der Waals surface area contributed by atoms with Gasteiger partial charge >= 0.3 is 5.97 Å². The van der Waals surface area contributed by atoms with Gasteiger partial charge in [0, 0.05) is 10.5 Å². The van der Waals surface area contributed by atoms with Crippen molar-refractivity contribution in [2.75, 3.05) is 11.9 Å². The molecule has 2 rings (SSSR count). The number of nitro groups is 1. The molecule has 0 fully saturated rings. The van der Waals surface area contributed by atoms with Crippen LogP contribution in [0.25, 0.3) is 0 Å². The molecule has 0 atom stereocenters. The van der Waals surface area contributed by atoms with Crippen LogP contribution in [0, 0.1) is 15.9 Å². The first-order valence-electron chi connectivity index (χ1n) is 6.54. The first kappa shape index (κ1) is 17.5. The third-order valence-corrected chi connectivity index (χ3v) is 3.35. The van der Waals surface area contributed by atoms with E-state index in [2.05, 4.69) is 21.2 Å². The molecule has 0 aliphatic heterocycles. The van der Waals surface area contributed by atoms with Gasteiger partial charge < -0.3 is 10.1 Å². The number of carbonyl (C=O) groups is 2. The van der Waals surface area contributed by atoms with Gasteiger partial charge in [-0.05, 0) is 24.3 Å². The molecule has 1 amide bonds. The number of rotatable bonds is 5. The smallest absolute Gasteiger partial charge is 0.341 e. The van der Waals surface area contributed by atoms with Crippen LogP contribution >= 0.6 is 15.9 Å². The van der Waals surface area contributed by atoms with Crippen molar-refractivity contribution in [1.29, 1.82) is 0 Å². The van der Waals surface area contributed by atoms with Crippen LogP contribution in [0.5, 0.6) is 0 Å². The van der Waals surface area contributed by atoms with Gasteiger partial charge in [0.1, 0.15) is 11.5 Å².